The zero-order valence-corrected chi connectivity index (χ0v) is 79.1. The van der Waals surface area contributed by atoms with Gasteiger partial charge in [-0.15, -0.1) is 13.2 Å². The van der Waals surface area contributed by atoms with Crippen molar-refractivity contribution in [3.05, 3.63) is 171 Å². The number of nitrogens with zero attached hydrogens (tertiary/aromatic N) is 16. The average Bonchev–Trinajstić information content (AvgIpc) is 1.50. The van der Waals surface area contributed by atoms with E-state index < -0.39 is 39.8 Å². The first-order valence-electron chi connectivity index (χ1n) is 43.5. The van der Waals surface area contributed by atoms with Crippen molar-refractivity contribution in [2.75, 3.05) is 18.1 Å². The number of aromatic nitrogens is 16. The van der Waals surface area contributed by atoms with Crippen LogP contribution in [0.5, 0.6) is 0 Å². The fourth-order valence-electron chi connectivity index (χ4n) is 24.5. The second-order valence-corrected chi connectivity index (χ2v) is 42.9. The molecule has 0 bridgehead atoms. The van der Waals surface area contributed by atoms with Crippen LogP contribution in [-0.4, -0.2) is 191 Å². The van der Waals surface area contributed by atoms with Gasteiger partial charge >= 0.3 is 0 Å². The monoisotopic (exact) mass is 2010 g/mol. The molecule has 0 unspecified atom stereocenters. The van der Waals surface area contributed by atoms with Gasteiger partial charge in [0.25, 0.3) is 0 Å². The van der Waals surface area contributed by atoms with Crippen molar-refractivity contribution in [2.45, 2.75) is 228 Å². The molecule has 27 rings (SSSR count). The highest BCUT2D eigenvalue weighted by atomic mass is 127. The molecule has 15 aliphatic rings. The zero-order valence-electron chi connectivity index (χ0n) is 72.3. The van der Waals surface area contributed by atoms with Gasteiger partial charge in [0.05, 0.1) is 103 Å². The van der Waals surface area contributed by atoms with Gasteiger partial charge in [-0.05, 0) is 225 Å². The van der Waals surface area contributed by atoms with E-state index in [1.54, 1.807) is 6.92 Å². The second kappa shape index (κ2) is 29.8. The van der Waals surface area contributed by atoms with Crippen LogP contribution in [0, 0.1) is 60.2 Å². The number of nitrogen functional groups attached to an aromatic ring is 2. The van der Waals surface area contributed by atoms with Crippen LogP contribution in [0.4, 0.5) is 11.6 Å². The van der Waals surface area contributed by atoms with Gasteiger partial charge in [-0.3, -0.25) is 4.79 Å². The highest BCUT2D eigenvalue weighted by Gasteiger charge is 2.81. The minimum atomic E-state index is -0.681. The van der Waals surface area contributed by atoms with Gasteiger partial charge in [-0.1, -0.05) is 64.6 Å². The lowest BCUT2D eigenvalue weighted by atomic mass is 9.95. The smallest absolute Gasteiger partial charge is 0.163 e. The molecule has 10 saturated carbocycles. The lowest BCUT2D eigenvalue weighted by Gasteiger charge is -2.24. The van der Waals surface area contributed by atoms with Gasteiger partial charge in [0.1, 0.15) is 147 Å². The maximum Gasteiger partial charge on any atom is 0.163 e. The number of ether oxygens (including phenoxy) is 10. The predicted octanol–water partition coefficient (Wildman–Crippen LogP) is 16.1. The fraction of sp³-hybridized carbons (Fsp3) is 0.511. The molecular weight excluding hydrogens is 1910 g/mol. The Morgan fingerprint density at radius 3 is 1.19 bits per heavy atom. The molecule has 0 spiro atoms. The number of anilines is 2. The van der Waals surface area contributed by atoms with Crippen LogP contribution >= 0.6 is 84.9 Å². The van der Waals surface area contributed by atoms with E-state index in [2.05, 4.69) is 141 Å². The van der Waals surface area contributed by atoms with E-state index in [1.807, 2.05) is 155 Å². The highest BCUT2D eigenvalue weighted by molar-refractivity contribution is 14.1. The Morgan fingerprint density at radius 2 is 0.791 bits per heavy atom. The Hall–Kier alpha value is -7.92. The van der Waals surface area contributed by atoms with E-state index in [0.29, 0.717) is 50.0 Å². The number of hydrogen-bond acceptors (Lipinski definition) is 26. The number of rotatable bonds is 10. The first kappa shape index (κ1) is 86.5. The number of Topliss-reactive ketones (excluding diaryl/α,β-unsaturated/α-hetero) is 1. The lowest BCUT2D eigenvalue weighted by molar-refractivity contribution is -0.164. The number of aldehydes is 1. The number of carbonyl (C=O) groups excluding carboxylic acids is 2. The Labute approximate surface area is 782 Å². The molecule has 16 heterocycles. The molecule has 25 atom stereocenters. The molecule has 5 aliphatic heterocycles. The largest absolute Gasteiger partial charge is 0.396 e. The van der Waals surface area contributed by atoms with E-state index >= 15 is 0 Å². The molecule has 31 nitrogen and oxygen atoms in total. The summed E-state index contributed by atoms with van der Waals surface area (Å²) in [6.07, 6.45) is 26.7. The van der Waals surface area contributed by atoms with Gasteiger partial charge < -0.3 is 91.6 Å². The fourth-order valence-corrected chi connectivity index (χ4v) is 26.1. The first-order valence-corrected chi connectivity index (χ1v) is 46.9. The van der Waals surface area contributed by atoms with Crippen LogP contribution in [0.1, 0.15) is 138 Å². The van der Waals surface area contributed by atoms with E-state index in [9.17, 15) is 14.7 Å². The summed E-state index contributed by atoms with van der Waals surface area (Å²) in [5.41, 5.74) is 15.7. The Bertz CT molecular complexity index is 6340. The van der Waals surface area contributed by atoms with Crippen molar-refractivity contribution >= 4 is 175 Å². The van der Waals surface area contributed by atoms with Crippen LogP contribution in [-0.2, 0) is 57.0 Å². The second-order valence-electron chi connectivity index (χ2n) is 39.4. The van der Waals surface area contributed by atoms with Gasteiger partial charge in [-0.25, -0.2) is 54.8 Å². The molecule has 5 N–H and O–H groups in total. The first-order chi connectivity index (χ1) is 61.4. The third-order valence-electron chi connectivity index (χ3n) is 30.3. The molecule has 0 radical (unpaired) electrons. The van der Waals surface area contributed by atoms with Gasteiger partial charge in [-0.2, -0.15) is 0 Å². The van der Waals surface area contributed by atoms with Crippen LogP contribution in [0.3, 0.4) is 0 Å². The summed E-state index contributed by atoms with van der Waals surface area (Å²) in [6, 6.07) is 18.3. The van der Waals surface area contributed by atoms with Crippen molar-refractivity contribution in [3.63, 3.8) is 0 Å². The molecular formula is C92H96BrCl4IN18O13. The molecule has 15 fully saturated rings. The maximum atomic E-state index is 12.4. The highest BCUT2D eigenvalue weighted by Crippen LogP contribution is 2.77. The molecule has 37 heteroatoms. The Balaban J connectivity index is 0.0000000917. The average molecular weight is 2010 g/mol. The van der Waals surface area contributed by atoms with Crippen molar-refractivity contribution < 1.29 is 62.1 Å². The zero-order chi connectivity index (χ0) is 90.2. The summed E-state index contributed by atoms with van der Waals surface area (Å²) in [4.78, 5) is 70.8. The van der Waals surface area contributed by atoms with Crippen LogP contribution in [0.15, 0.2) is 147 Å². The summed E-state index contributed by atoms with van der Waals surface area (Å²) < 4.78 is 74.5. The standard InChI is InChI=1S/C17H18ClN3O3.C17H18ClN3O2.C17H20N4O2.C16H18ClN3O3.C16H16ClN3O3.C9H6BrIN2/c1-8(22)17-6-10(17)11(12-13(17)24-16(2,3)23-12)21-5-4-9-14(18)19-7-20-15(9)21;2*1-4-17-7-10(17)11(12-13(17)23-16(2,3)22-12)21-6-5-9-14(18)19-8-20-15(9)21;2*1-15(2)22-11-10(9-5-16(9,6-21)12(11)23-15)20-4-3-8-13(17)18-7-19-14(8)20;10-7-3-5-1-2-6(11)4-8(5)13-9(7)12/h4-5,7,10-13H,6H2,1-3H3;4-6,8,10-13H,1,7H2,2-3H3;4-6,8,10-13H,1,7H2,2-3H3,(H2,18,19,20);3-4,7,9-12,21H,5-6H2,1-2H3;3-4,6-7,9-12H,5H2,1-2H3;1-4H,(H2,12,13)/t10-,11-,12+,13+,17+;2*10-,11-,12+,13+,17-;2*9-,10-,11+,12+,16+;/m11111./s1. The minimum Gasteiger partial charge on any atom is -0.396 e. The van der Waals surface area contributed by atoms with Crippen molar-refractivity contribution in [2.24, 2.45) is 56.7 Å². The number of aliphatic hydroxyl groups excluding tert-OH is 1. The Morgan fingerprint density at radius 1 is 0.450 bits per heavy atom. The maximum absolute atomic E-state index is 12.4. The molecule has 11 aromatic heterocycles. The summed E-state index contributed by atoms with van der Waals surface area (Å²) in [7, 11) is 0. The molecule has 12 aromatic rings. The number of hydrogen-bond donors (Lipinski definition) is 3. The number of benzene rings is 1. The van der Waals surface area contributed by atoms with E-state index in [4.69, 9.17) is 105 Å². The van der Waals surface area contributed by atoms with E-state index in [0.717, 1.165) is 109 Å². The third-order valence-corrected chi connectivity index (χ3v) is 32.8. The number of fused-ring (bicyclic) bond motifs is 21. The molecule has 1 aromatic carbocycles. The SMILES string of the molecule is C=C[C@@]12C[C@@H]1[C@@H](n1ccc3c(Cl)ncnc31)[C@@H]1OC(C)(C)O[C@@H]12.C=C[C@@]12C[C@@H]1[C@@H](n1ccc3c(N)ncnc31)[C@@H]1OC(C)(C)O[C@@H]12.CC(=O)[C@@]12C[C@@H]1[C@@H](n1ccc3c(Cl)ncnc31)[C@@H]1OC(C)(C)O[C@@H]12.CC1(C)O[C@H]2[C@H](n3ccc4c(Cl)ncnc43)[C@H]3C[C@@]3(C=O)[C@H]2O1.CC1(C)O[C@H]2[C@H](n3ccc4c(Cl)ncnc43)[C@H]3C[C@@]3(CO)[C@H]2O1.Nc1nc2cc(I)ccc2cc1Br. The van der Waals surface area contributed by atoms with E-state index in [-0.39, 0.29) is 132 Å². The van der Waals surface area contributed by atoms with Crippen molar-refractivity contribution in [1.82, 2.24) is 77.7 Å². The van der Waals surface area contributed by atoms with Gasteiger partial charge in [0, 0.05) is 56.2 Å². The van der Waals surface area contributed by atoms with Gasteiger partial charge in [0.15, 0.2) is 28.9 Å². The number of ketones is 1. The summed E-state index contributed by atoms with van der Waals surface area (Å²) in [6.45, 7) is 29.3. The summed E-state index contributed by atoms with van der Waals surface area (Å²) >= 11 is 30.3. The predicted molar refractivity (Wildman–Crippen MR) is 490 cm³/mol. The number of carbonyl (C=O) groups is 2. The molecule has 674 valence electrons. The summed E-state index contributed by atoms with van der Waals surface area (Å²) in [5, 5.41) is 17.1. The molecule has 0 amide bonds. The summed E-state index contributed by atoms with van der Waals surface area (Å²) in [5.74, 6) is -0.161. The number of nitrogens with two attached hydrogens (primary N) is 2. The molecule has 5 saturated heterocycles. The van der Waals surface area contributed by atoms with Gasteiger partial charge in [0.2, 0.25) is 0 Å². The van der Waals surface area contributed by atoms with Crippen LogP contribution in [0.25, 0.3) is 66.1 Å². The minimum absolute atomic E-state index is 0.00564. The normalized spacial score (nSPS) is 37.0. The number of aliphatic hydroxyl groups is 1. The quantitative estimate of drug-likeness (QED) is 0.0495. The Kier molecular flexibility index (Phi) is 20.0. The van der Waals surface area contributed by atoms with Crippen LogP contribution in [0.2, 0.25) is 20.6 Å². The van der Waals surface area contributed by atoms with Crippen molar-refractivity contribution in [1.29, 1.82) is 0 Å². The number of pyridine rings is 1. The molecule has 129 heavy (non-hydrogen) atoms. The third kappa shape index (κ3) is 13.3. The lowest BCUT2D eigenvalue weighted by Crippen LogP contribution is -2.34. The number of halogens is 6. The topological polar surface area (TPSA) is 365 Å². The van der Waals surface area contributed by atoms with Crippen molar-refractivity contribution in [3.8, 4) is 0 Å². The molecule has 10 aliphatic carbocycles. The van der Waals surface area contributed by atoms with Crippen LogP contribution < -0.4 is 11.5 Å². The van der Waals surface area contributed by atoms with E-state index in [1.165, 1.54) is 35.2 Å².